The standard InChI is InChI=1S/C21H33N5O2/c1-24-21-16(9-10-20(22-21)26-12-5-3-2-4-6-13-26)17(23-24)8-7-11-25-14-18(27)19(28)15-25/h9-10,18-19,27-28H,2-8,11-15H2,1H3. The lowest BCUT2D eigenvalue weighted by Crippen LogP contribution is -2.27. The van der Waals surface area contributed by atoms with Crippen LogP contribution in [-0.2, 0) is 13.5 Å². The van der Waals surface area contributed by atoms with E-state index in [0.29, 0.717) is 13.1 Å². The number of aromatic nitrogens is 3. The second kappa shape index (κ2) is 8.76. The van der Waals surface area contributed by atoms with E-state index in [2.05, 4.69) is 21.9 Å². The third-order valence-electron chi connectivity index (χ3n) is 6.15. The van der Waals surface area contributed by atoms with Crippen LogP contribution in [0.25, 0.3) is 11.0 Å². The number of fused-ring (bicyclic) bond motifs is 1. The number of β-amino-alcohol motifs (C(OH)–C–C–N with tert-alkyl or cyclic N) is 2. The molecule has 2 aromatic heterocycles. The van der Waals surface area contributed by atoms with Crippen LogP contribution in [0.15, 0.2) is 12.1 Å². The molecule has 28 heavy (non-hydrogen) atoms. The van der Waals surface area contributed by atoms with E-state index in [1.54, 1.807) is 0 Å². The van der Waals surface area contributed by atoms with Crippen LogP contribution in [0.1, 0.15) is 44.2 Å². The molecule has 0 aliphatic carbocycles. The fourth-order valence-corrected chi connectivity index (χ4v) is 4.53. The third kappa shape index (κ3) is 4.31. The highest BCUT2D eigenvalue weighted by Gasteiger charge is 2.28. The minimum absolute atomic E-state index is 0.560. The number of nitrogens with zero attached hydrogens (tertiary/aromatic N) is 5. The van der Waals surface area contributed by atoms with Gasteiger partial charge in [-0.3, -0.25) is 9.58 Å². The first-order valence-electron chi connectivity index (χ1n) is 10.8. The number of anilines is 1. The van der Waals surface area contributed by atoms with Gasteiger partial charge in [0.15, 0.2) is 5.65 Å². The quantitative estimate of drug-likeness (QED) is 0.813. The van der Waals surface area contributed by atoms with Crippen LogP contribution in [-0.4, -0.2) is 74.8 Å². The van der Waals surface area contributed by atoms with Gasteiger partial charge in [-0.05, 0) is 44.4 Å². The molecule has 4 rings (SSSR count). The van der Waals surface area contributed by atoms with E-state index in [4.69, 9.17) is 10.1 Å². The summed E-state index contributed by atoms with van der Waals surface area (Å²) in [6.45, 7) is 4.18. The third-order valence-corrected chi connectivity index (χ3v) is 6.15. The molecule has 154 valence electrons. The summed E-state index contributed by atoms with van der Waals surface area (Å²) in [5.41, 5.74) is 2.05. The van der Waals surface area contributed by atoms with Gasteiger partial charge in [-0.15, -0.1) is 0 Å². The van der Waals surface area contributed by atoms with Gasteiger partial charge < -0.3 is 15.1 Å². The summed E-state index contributed by atoms with van der Waals surface area (Å²) < 4.78 is 1.90. The Morgan fingerprint density at radius 2 is 1.68 bits per heavy atom. The van der Waals surface area contributed by atoms with Crippen molar-refractivity contribution in [1.82, 2.24) is 19.7 Å². The van der Waals surface area contributed by atoms with Crippen LogP contribution in [0.5, 0.6) is 0 Å². The van der Waals surface area contributed by atoms with Crippen molar-refractivity contribution < 1.29 is 10.2 Å². The Hall–Kier alpha value is -1.70. The Morgan fingerprint density at radius 3 is 2.39 bits per heavy atom. The zero-order valence-electron chi connectivity index (χ0n) is 16.9. The van der Waals surface area contributed by atoms with Crippen LogP contribution < -0.4 is 4.90 Å². The van der Waals surface area contributed by atoms with E-state index in [1.807, 2.05) is 11.7 Å². The van der Waals surface area contributed by atoms with E-state index >= 15 is 0 Å². The molecular weight excluding hydrogens is 354 g/mol. The number of aliphatic hydroxyl groups is 2. The predicted octanol–water partition coefficient (Wildman–Crippen LogP) is 1.71. The molecule has 2 aliphatic heterocycles. The maximum absolute atomic E-state index is 9.68. The van der Waals surface area contributed by atoms with Crippen molar-refractivity contribution in [2.45, 2.75) is 57.2 Å². The lowest BCUT2D eigenvalue weighted by atomic mass is 10.1. The number of hydrogen-bond acceptors (Lipinski definition) is 6. The molecule has 4 heterocycles. The first-order valence-corrected chi connectivity index (χ1v) is 10.8. The summed E-state index contributed by atoms with van der Waals surface area (Å²) in [5.74, 6) is 1.07. The summed E-state index contributed by atoms with van der Waals surface area (Å²) in [6, 6.07) is 4.34. The Bertz CT molecular complexity index is 774. The first-order chi connectivity index (χ1) is 13.6. The minimum atomic E-state index is -0.610. The van der Waals surface area contributed by atoms with E-state index < -0.39 is 12.2 Å². The molecule has 0 amide bonds. The lowest BCUT2D eigenvalue weighted by Gasteiger charge is -2.25. The number of pyridine rings is 1. The average molecular weight is 388 g/mol. The maximum Gasteiger partial charge on any atom is 0.160 e. The summed E-state index contributed by atoms with van der Waals surface area (Å²) >= 11 is 0. The van der Waals surface area contributed by atoms with Gasteiger partial charge in [0.05, 0.1) is 17.9 Å². The van der Waals surface area contributed by atoms with Crippen LogP contribution in [0.2, 0.25) is 0 Å². The normalized spacial score (nSPS) is 24.6. The van der Waals surface area contributed by atoms with E-state index in [1.165, 1.54) is 32.1 Å². The SMILES string of the molecule is Cn1nc(CCCN2CC(O)C(O)C2)c2ccc(N3CCCCCCC3)nc21. The number of aryl methyl sites for hydroxylation is 2. The Labute approximate surface area is 167 Å². The molecule has 2 aromatic rings. The van der Waals surface area contributed by atoms with E-state index in [-0.39, 0.29) is 0 Å². The molecule has 2 fully saturated rings. The second-order valence-electron chi connectivity index (χ2n) is 8.36. The predicted molar refractivity (Wildman–Crippen MR) is 111 cm³/mol. The van der Waals surface area contributed by atoms with Gasteiger partial charge >= 0.3 is 0 Å². The molecule has 0 saturated carbocycles. The van der Waals surface area contributed by atoms with Gasteiger partial charge in [0.1, 0.15) is 5.82 Å². The van der Waals surface area contributed by atoms with Crippen LogP contribution in [0.3, 0.4) is 0 Å². The van der Waals surface area contributed by atoms with Gasteiger partial charge in [-0.2, -0.15) is 5.10 Å². The smallest absolute Gasteiger partial charge is 0.160 e. The first kappa shape index (κ1) is 19.6. The fraction of sp³-hybridized carbons (Fsp3) is 0.714. The van der Waals surface area contributed by atoms with Gasteiger partial charge in [0, 0.05) is 38.6 Å². The minimum Gasteiger partial charge on any atom is -0.389 e. The molecule has 0 spiro atoms. The average Bonchev–Trinajstić information content (AvgIpc) is 3.14. The molecule has 2 saturated heterocycles. The van der Waals surface area contributed by atoms with Crippen molar-refractivity contribution in [1.29, 1.82) is 0 Å². The van der Waals surface area contributed by atoms with Gasteiger partial charge in [-0.25, -0.2) is 4.98 Å². The van der Waals surface area contributed by atoms with Crippen LogP contribution in [0, 0.1) is 0 Å². The molecule has 0 radical (unpaired) electrons. The fourth-order valence-electron chi connectivity index (χ4n) is 4.53. The molecule has 2 unspecified atom stereocenters. The summed E-state index contributed by atoms with van der Waals surface area (Å²) in [6.07, 6.45) is 7.11. The lowest BCUT2D eigenvalue weighted by molar-refractivity contribution is 0.0572. The van der Waals surface area contributed by atoms with Crippen LogP contribution in [0.4, 0.5) is 5.82 Å². The molecule has 2 aliphatic rings. The number of hydrogen-bond donors (Lipinski definition) is 2. The number of rotatable bonds is 5. The zero-order valence-corrected chi connectivity index (χ0v) is 16.9. The Balaban J connectivity index is 1.42. The van der Waals surface area contributed by atoms with Gasteiger partial charge in [0.25, 0.3) is 0 Å². The Kier molecular flexibility index (Phi) is 6.13. The van der Waals surface area contributed by atoms with Crippen LogP contribution >= 0.6 is 0 Å². The monoisotopic (exact) mass is 387 g/mol. The largest absolute Gasteiger partial charge is 0.389 e. The van der Waals surface area contributed by atoms with E-state index in [0.717, 1.165) is 55.0 Å². The zero-order chi connectivity index (χ0) is 19.5. The molecule has 7 nitrogen and oxygen atoms in total. The number of aliphatic hydroxyl groups excluding tert-OH is 2. The van der Waals surface area contributed by atoms with Crippen molar-refractivity contribution in [2.24, 2.45) is 7.05 Å². The van der Waals surface area contributed by atoms with Crippen molar-refractivity contribution in [3.8, 4) is 0 Å². The summed E-state index contributed by atoms with van der Waals surface area (Å²) in [7, 11) is 1.98. The molecule has 7 heteroatoms. The second-order valence-corrected chi connectivity index (χ2v) is 8.36. The van der Waals surface area contributed by atoms with Gasteiger partial charge in [-0.1, -0.05) is 19.3 Å². The summed E-state index contributed by atoms with van der Waals surface area (Å²) in [4.78, 5) is 9.50. The highest BCUT2D eigenvalue weighted by atomic mass is 16.3. The highest BCUT2D eigenvalue weighted by molar-refractivity contribution is 5.80. The molecule has 2 N–H and O–H groups in total. The van der Waals surface area contributed by atoms with Crippen molar-refractivity contribution in [3.63, 3.8) is 0 Å². The highest BCUT2D eigenvalue weighted by Crippen LogP contribution is 2.24. The molecule has 0 aromatic carbocycles. The summed E-state index contributed by atoms with van der Waals surface area (Å²) in [5, 5.41) is 25.2. The number of likely N-dealkylation sites (tertiary alicyclic amines) is 1. The van der Waals surface area contributed by atoms with Crippen molar-refractivity contribution in [3.05, 3.63) is 17.8 Å². The topological polar surface area (TPSA) is 77.7 Å². The van der Waals surface area contributed by atoms with Gasteiger partial charge in [0.2, 0.25) is 0 Å². The Morgan fingerprint density at radius 1 is 1.00 bits per heavy atom. The van der Waals surface area contributed by atoms with E-state index in [9.17, 15) is 10.2 Å². The van der Waals surface area contributed by atoms with Crippen molar-refractivity contribution >= 4 is 16.9 Å². The molecule has 0 bridgehead atoms. The maximum atomic E-state index is 9.68. The molecular formula is C21H33N5O2. The molecule has 2 atom stereocenters. The van der Waals surface area contributed by atoms with Crippen molar-refractivity contribution in [2.75, 3.05) is 37.6 Å².